The minimum atomic E-state index is 0.367. The lowest BCUT2D eigenvalue weighted by Crippen LogP contribution is -1.97. The lowest BCUT2D eigenvalue weighted by Gasteiger charge is -2.09. The highest BCUT2D eigenvalue weighted by molar-refractivity contribution is 7.10. The molecule has 0 fully saturated rings. The van der Waals surface area contributed by atoms with Gasteiger partial charge < -0.3 is 10.5 Å². The van der Waals surface area contributed by atoms with Gasteiger partial charge in [-0.15, -0.1) is 11.3 Å². The Kier molecular flexibility index (Phi) is 5.08. The number of hydrogen-bond acceptors (Lipinski definition) is 3. The number of rotatable bonds is 3. The molecule has 0 saturated carbocycles. The summed E-state index contributed by atoms with van der Waals surface area (Å²) in [5.74, 6) is 6.75. The molecule has 0 atom stereocenters. The molecule has 1 aromatic heterocycles. The fraction of sp³-hybridized carbons (Fsp3) is 0.250. The summed E-state index contributed by atoms with van der Waals surface area (Å²) in [5, 5.41) is 2.81. The highest BCUT2D eigenvalue weighted by Crippen LogP contribution is 2.27. The Labute approximate surface area is 128 Å². The molecule has 1 aromatic carbocycles. The summed E-state index contributed by atoms with van der Waals surface area (Å²) < 4.78 is 5.84. The zero-order chi connectivity index (χ0) is 14.5. The lowest BCUT2D eigenvalue weighted by atomic mass is 10.1. The number of thiophene rings is 1. The van der Waals surface area contributed by atoms with Crippen molar-refractivity contribution in [1.29, 1.82) is 0 Å². The Hall–Kier alpha value is -1.47. The van der Waals surface area contributed by atoms with E-state index in [0.717, 1.165) is 32.3 Å². The molecule has 4 heteroatoms. The van der Waals surface area contributed by atoms with E-state index < -0.39 is 0 Å². The maximum Gasteiger partial charge on any atom is 0.124 e. The summed E-state index contributed by atoms with van der Waals surface area (Å²) in [6.07, 6.45) is 0. The first-order valence-corrected chi connectivity index (χ1v) is 7.52. The van der Waals surface area contributed by atoms with E-state index in [1.165, 1.54) is 0 Å². The highest BCUT2D eigenvalue weighted by Gasteiger charge is 2.06. The van der Waals surface area contributed by atoms with Crippen LogP contribution in [0.5, 0.6) is 5.75 Å². The second kappa shape index (κ2) is 6.81. The molecule has 2 nitrogen and oxygen atoms in total. The SMILES string of the molecule is Cc1cc(OCc2sccc2C#CCN)cc(C)c1Cl. The molecule has 0 bridgehead atoms. The Bertz CT molecular complexity index is 644. The van der Waals surface area contributed by atoms with Gasteiger partial charge in [-0.1, -0.05) is 23.4 Å². The molecule has 0 saturated heterocycles. The van der Waals surface area contributed by atoms with Crippen LogP contribution >= 0.6 is 22.9 Å². The van der Waals surface area contributed by atoms with Gasteiger partial charge >= 0.3 is 0 Å². The van der Waals surface area contributed by atoms with Crippen LogP contribution in [0.2, 0.25) is 5.02 Å². The first-order chi connectivity index (χ1) is 9.61. The Morgan fingerprint density at radius 3 is 2.65 bits per heavy atom. The van der Waals surface area contributed by atoms with Crippen molar-refractivity contribution in [3.8, 4) is 17.6 Å². The molecule has 2 aromatic rings. The molecule has 104 valence electrons. The smallest absolute Gasteiger partial charge is 0.124 e. The van der Waals surface area contributed by atoms with Crippen molar-refractivity contribution < 1.29 is 4.74 Å². The van der Waals surface area contributed by atoms with Crippen molar-refractivity contribution in [2.75, 3.05) is 6.54 Å². The molecule has 0 amide bonds. The van der Waals surface area contributed by atoms with Gasteiger partial charge in [-0.2, -0.15) is 0 Å². The average Bonchev–Trinajstić information content (AvgIpc) is 2.87. The van der Waals surface area contributed by atoms with Gasteiger partial charge in [0.05, 0.1) is 11.4 Å². The number of nitrogens with two attached hydrogens (primary N) is 1. The second-order valence-electron chi connectivity index (χ2n) is 4.42. The lowest BCUT2D eigenvalue weighted by molar-refractivity contribution is 0.309. The molecular weight excluding hydrogens is 290 g/mol. The van der Waals surface area contributed by atoms with E-state index in [9.17, 15) is 0 Å². The third-order valence-electron chi connectivity index (χ3n) is 2.85. The number of hydrogen-bond donors (Lipinski definition) is 1. The van der Waals surface area contributed by atoms with Crippen LogP contribution in [0.4, 0.5) is 0 Å². The topological polar surface area (TPSA) is 35.2 Å². The van der Waals surface area contributed by atoms with Gasteiger partial charge in [-0.25, -0.2) is 0 Å². The van der Waals surface area contributed by atoms with Crippen molar-refractivity contribution in [2.45, 2.75) is 20.5 Å². The molecule has 0 radical (unpaired) electrons. The minimum absolute atomic E-state index is 0.367. The van der Waals surface area contributed by atoms with Gasteiger partial charge in [0.25, 0.3) is 0 Å². The summed E-state index contributed by atoms with van der Waals surface area (Å²) in [5.41, 5.74) is 8.43. The summed E-state index contributed by atoms with van der Waals surface area (Å²) in [6, 6.07) is 5.90. The van der Waals surface area contributed by atoms with Crippen LogP contribution in [0.3, 0.4) is 0 Å². The van der Waals surface area contributed by atoms with Crippen LogP contribution in [0.1, 0.15) is 21.6 Å². The fourth-order valence-electron chi connectivity index (χ4n) is 1.85. The maximum absolute atomic E-state index is 6.15. The monoisotopic (exact) mass is 305 g/mol. The number of ether oxygens (including phenoxy) is 1. The molecule has 0 spiro atoms. The Morgan fingerprint density at radius 1 is 1.30 bits per heavy atom. The highest BCUT2D eigenvalue weighted by atomic mass is 35.5. The van der Waals surface area contributed by atoms with E-state index in [-0.39, 0.29) is 0 Å². The molecule has 2 N–H and O–H groups in total. The first-order valence-electron chi connectivity index (χ1n) is 6.26. The predicted octanol–water partition coefficient (Wildman–Crippen LogP) is 3.91. The van der Waals surface area contributed by atoms with Gasteiger partial charge in [-0.05, 0) is 48.6 Å². The molecule has 2 rings (SSSR count). The van der Waals surface area contributed by atoms with Crippen molar-refractivity contribution in [3.63, 3.8) is 0 Å². The van der Waals surface area contributed by atoms with Gasteiger partial charge in [0, 0.05) is 10.6 Å². The summed E-state index contributed by atoms with van der Waals surface area (Å²) in [7, 11) is 0. The maximum atomic E-state index is 6.15. The van der Waals surface area contributed by atoms with Crippen LogP contribution in [0, 0.1) is 25.7 Å². The first kappa shape index (κ1) is 14.9. The average molecular weight is 306 g/mol. The summed E-state index contributed by atoms with van der Waals surface area (Å²) in [4.78, 5) is 1.11. The van der Waals surface area contributed by atoms with E-state index in [1.807, 2.05) is 37.4 Å². The van der Waals surface area contributed by atoms with Crippen molar-refractivity contribution in [3.05, 3.63) is 50.2 Å². The van der Waals surface area contributed by atoms with Crippen LogP contribution < -0.4 is 10.5 Å². The minimum Gasteiger partial charge on any atom is -0.488 e. The molecule has 0 aliphatic heterocycles. The number of benzene rings is 1. The predicted molar refractivity (Wildman–Crippen MR) is 85.5 cm³/mol. The summed E-state index contributed by atoms with van der Waals surface area (Å²) in [6.45, 7) is 4.83. The molecular formula is C16H16ClNOS. The standard InChI is InChI=1S/C16H16ClNOS/c1-11-8-14(9-12(2)16(11)17)19-10-15-13(4-3-6-18)5-7-20-15/h5,7-9H,6,10,18H2,1-2H3. The van der Waals surface area contributed by atoms with Crippen LogP contribution in [-0.2, 0) is 6.61 Å². The van der Waals surface area contributed by atoms with E-state index >= 15 is 0 Å². The Morgan fingerprint density at radius 2 is 2.00 bits per heavy atom. The fourth-order valence-corrected chi connectivity index (χ4v) is 2.70. The number of halogens is 1. The second-order valence-corrected chi connectivity index (χ2v) is 5.80. The van der Waals surface area contributed by atoms with E-state index in [2.05, 4.69) is 11.8 Å². The van der Waals surface area contributed by atoms with Crippen LogP contribution in [-0.4, -0.2) is 6.54 Å². The zero-order valence-electron chi connectivity index (χ0n) is 11.5. The van der Waals surface area contributed by atoms with Crippen molar-refractivity contribution >= 4 is 22.9 Å². The van der Waals surface area contributed by atoms with E-state index in [0.29, 0.717) is 13.2 Å². The summed E-state index contributed by atoms with van der Waals surface area (Å²) >= 11 is 7.78. The van der Waals surface area contributed by atoms with E-state index in [1.54, 1.807) is 11.3 Å². The third kappa shape index (κ3) is 3.55. The van der Waals surface area contributed by atoms with Crippen molar-refractivity contribution in [1.82, 2.24) is 0 Å². The molecule has 1 heterocycles. The van der Waals surface area contributed by atoms with Gasteiger partial charge in [0.2, 0.25) is 0 Å². The molecule has 0 aliphatic carbocycles. The molecule has 0 aliphatic rings. The molecule has 20 heavy (non-hydrogen) atoms. The molecule has 0 unspecified atom stereocenters. The zero-order valence-corrected chi connectivity index (χ0v) is 13.1. The van der Waals surface area contributed by atoms with Gasteiger partial charge in [0.1, 0.15) is 12.4 Å². The van der Waals surface area contributed by atoms with Crippen molar-refractivity contribution in [2.24, 2.45) is 5.73 Å². The Balaban J connectivity index is 2.11. The van der Waals surface area contributed by atoms with Crippen LogP contribution in [0.15, 0.2) is 23.6 Å². The quantitative estimate of drug-likeness (QED) is 0.873. The normalized spacial score (nSPS) is 10.0. The largest absolute Gasteiger partial charge is 0.488 e. The third-order valence-corrected chi connectivity index (χ3v) is 4.34. The number of aryl methyl sites for hydroxylation is 2. The van der Waals surface area contributed by atoms with Crippen LogP contribution in [0.25, 0.3) is 0 Å². The van der Waals surface area contributed by atoms with Gasteiger partial charge in [-0.3, -0.25) is 0 Å². The van der Waals surface area contributed by atoms with E-state index in [4.69, 9.17) is 22.1 Å². The van der Waals surface area contributed by atoms with Gasteiger partial charge in [0.15, 0.2) is 0 Å².